The highest BCUT2D eigenvalue weighted by molar-refractivity contribution is 5.74. The molecule has 0 atom stereocenters. The number of nitrogens with zero attached hydrogens (tertiary/aromatic N) is 1. The number of hydrogen-bond donors (Lipinski definition) is 2. The van der Waals surface area contributed by atoms with E-state index < -0.39 is 0 Å². The Morgan fingerprint density at radius 1 is 1.09 bits per heavy atom. The Balaban J connectivity index is 1.54. The summed E-state index contributed by atoms with van der Waals surface area (Å²) in [5.41, 5.74) is 1.19. The van der Waals surface area contributed by atoms with Crippen molar-refractivity contribution in [3.63, 3.8) is 0 Å². The molecule has 0 fully saturated rings. The van der Waals surface area contributed by atoms with Gasteiger partial charge in [0.2, 0.25) is 0 Å². The first-order chi connectivity index (χ1) is 11.3. The van der Waals surface area contributed by atoms with E-state index in [2.05, 4.69) is 27.5 Å². The molecule has 2 rings (SSSR count). The quantitative estimate of drug-likeness (QED) is 0.802. The van der Waals surface area contributed by atoms with Gasteiger partial charge in [0.1, 0.15) is 12.4 Å². The minimum absolute atomic E-state index is 0.219. The summed E-state index contributed by atoms with van der Waals surface area (Å²) in [7, 11) is 0. The molecule has 2 aromatic rings. The Morgan fingerprint density at radius 3 is 2.74 bits per heavy atom. The summed E-state index contributed by atoms with van der Waals surface area (Å²) in [6.45, 7) is 1.14. The summed E-state index contributed by atoms with van der Waals surface area (Å²) in [6.07, 6.45) is 4.11. The minimum atomic E-state index is -0.219. The topological polar surface area (TPSA) is 63.2 Å². The van der Waals surface area contributed by atoms with Crippen molar-refractivity contribution in [1.82, 2.24) is 15.6 Å². The molecule has 1 aromatic carbocycles. The van der Waals surface area contributed by atoms with Gasteiger partial charge >= 0.3 is 6.03 Å². The molecule has 1 heterocycles. The highest BCUT2D eigenvalue weighted by Crippen LogP contribution is 2.04. The number of ether oxygens (including phenoxy) is 1. The van der Waals surface area contributed by atoms with E-state index in [1.807, 2.05) is 36.4 Å². The van der Waals surface area contributed by atoms with E-state index in [1.165, 1.54) is 5.56 Å². The van der Waals surface area contributed by atoms with Gasteiger partial charge in [-0.3, -0.25) is 4.98 Å². The predicted molar refractivity (Wildman–Crippen MR) is 89.1 cm³/mol. The zero-order valence-corrected chi connectivity index (χ0v) is 12.8. The van der Waals surface area contributed by atoms with Gasteiger partial charge in [-0.15, -0.1) is 0 Å². The van der Waals surface area contributed by atoms with Crippen molar-refractivity contribution in [3.8, 4) is 17.6 Å². The largest absolute Gasteiger partial charge is 0.479 e. The number of rotatable bonds is 6. The van der Waals surface area contributed by atoms with Gasteiger partial charge in [0.25, 0.3) is 0 Å². The Bertz CT molecular complexity index is 648. The Labute approximate surface area is 136 Å². The Morgan fingerprint density at radius 2 is 1.96 bits per heavy atom. The van der Waals surface area contributed by atoms with E-state index >= 15 is 0 Å². The van der Waals surface area contributed by atoms with Gasteiger partial charge in [0.15, 0.2) is 0 Å². The predicted octanol–water partition coefficient (Wildman–Crippen LogP) is 2.01. The van der Waals surface area contributed by atoms with Crippen molar-refractivity contribution in [3.05, 3.63) is 60.4 Å². The van der Waals surface area contributed by atoms with Crippen LogP contribution in [-0.2, 0) is 6.42 Å². The van der Waals surface area contributed by atoms with Crippen molar-refractivity contribution < 1.29 is 9.53 Å². The van der Waals surface area contributed by atoms with Crippen LogP contribution in [0.1, 0.15) is 5.56 Å². The van der Waals surface area contributed by atoms with Crippen molar-refractivity contribution in [2.24, 2.45) is 0 Å². The molecule has 5 nitrogen and oxygen atoms in total. The molecule has 1 aromatic heterocycles. The van der Waals surface area contributed by atoms with E-state index in [0.717, 1.165) is 6.42 Å². The molecular weight excluding hydrogens is 290 g/mol. The first-order valence-electron chi connectivity index (χ1n) is 7.39. The normalized spacial score (nSPS) is 9.39. The fourth-order valence-corrected chi connectivity index (χ4v) is 1.82. The second kappa shape index (κ2) is 9.85. The van der Waals surface area contributed by atoms with Crippen molar-refractivity contribution >= 4 is 6.03 Å². The van der Waals surface area contributed by atoms with Crippen molar-refractivity contribution in [2.45, 2.75) is 6.42 Å². The monoisotopic (exact) mass is 309 g/mol. The van der Waals surface area contributed by atoms with Crippen LogP contribution in [0.15, 0.2) is 54.9 Å². The third kappa shape index (κ3) is 7.00. The molecule has 2 N–H and O–H groups in total. The number of nitrogens with one attached hydrogen (secondary N) is 2. The van der Waals surface area contributed by atoms with Crippen molar-refractivity contribution in [2.75, 3.05) is 19.7 Å². The van der Waals surface area contributed by atoms with Gasteiger partial charge in [-0.05, 0) is 24.1 Å². The molecule has 0 saturated carbocycles. The number of amides is 2. The SMILES string of the molecule is O=C(NCC#CCOc1cccnc1)NCCc1ccccc1. The van der Waals surface area contributed by atoms with Crippen LogP contribution in [0.4, 0.5) is 4.79 Å². The number of pyridine rings is 1. The molecule has 5 heteroatoms. The fourth-order valence-electron chi connectivity index (χ4n) is 1.82. The lowest BCUT2D eigenvalue weighted by atomic mass is 10.1. The number of carbonyl (C=O) groups is 1. The summed E-state index contributed by atoms with van der Waals surface area (Å²) < 4.78 is 5.36. The molecule has 118 valence electrons. The zero-order chi connectivity index (χ0) is 16.2. The molecule has 0 unspecified atom stereocenters. The van der Waals surface area contributed by atoms with Gasteiger partial charge in [0.05, 0.1) is 12.7 Å². The summed E-state index contributed by atoms with van der Waals surface area (Å²) >= 11 is 0. The molecule has 0 aliphatic rings. The standard InChI is InChI=1S/C18H19N3O2/c22-18(21-13-10-16-7-2-1-3-8-16)20-12-4-5-14-23-17-9-6-11-19-15-17/h1-3,6-9,11,15H,10,12-14H2,(H2,20,21,22). The van der Waals surface area contributed by atoms with Gasteiger partial charge in [-0.2, -0.15) is 0 Å². The van der Waals surface area contributed by atoms with Gasteiger partial charge in [-0.1, -0.05) is 42.2 Å². The van der Waals surface area contributed by atoms with Crippen LogP contribution in [-0.4, -0.2) is 30.7 Å². The maximum absolute atomic E-state index is 11.6. The molecule has 0 aliphatic carbocycles. The van der Waals surface area contributed by atoms with E-state index in [9.17, 15) is 4.79 Å². The zero-order valence-electron chi connectivity index (χ0n) is 12.8. The molecule has 0 spiro atoms. The van der Waals surface area contributed by atoms with Crippen LogP contribution in [0, 0.1) is 11.8 Å². The lowest BCUT2D eigenvalue weighted by Crippen LogP contribution is -2.36. The van der Waals surface area contributed by atoms with Crippen molar-refractivity contribution in [1.29, 1.82) is 0 Å². The number of benzene rings is 1. The van der Waals surface area contributed by atoms with Gasteiger partial charge in [0, 0.05) is 12.7 Å². The first-order valence-corrected chi connectivity index (χ1v) is 7.39. The van der Waals surface area contributed by atoms with E-state index in [1.54, 1.807) is 18.5 Å². The summed E-state index contributed by atoms with van der Waals surface area (Å²) in [4.78, 5) is 15.5. The smallest absolute Gasteiger partial charge is 0.315 e. The second-order valence-corrected chi connectivity index (χ2v) is 4.68. The number of hydrogen-bond acceptors (Lipinski definition) is 3. The second-order valence-electron chi connectivity index (χ2n) is 4.68. The summed E-state index contributed by atoms with van der Waals surface area (Å²) in [5.74, 6) is 6.33. The van der Waals surface area contributed by atoms with Crippen LogP contribution in [0.3, 0.4) is 0 Å². The average Bonchev–Trinajstić information content (AvgIpc) is 2.60. The molecule has 0 aliphatic heterocycles. The summed E-state index contributed by atoms with van der Waals surface area (Å²) in [5, 5.41) is 5.47. The first kappa shape index (κ1) is 16.4. The summed E-state index contributed by atoms with van der Waals surface area (Å²) in [6, 6.07) is 13.4. The highest BCUT2D eigenvalue weighted by atomic mass is 16.5. The van der Waals surface area contributed by atoms with Crippen LogP contribution in [0.25, 0.3) is 0 Å². The third-order valence-corrected chi connectivity index (χ3v) is 2.95. The van der Waals surface area contributed by atoms with E-state index in [-0.39, 0.29) is 19.2 Å². The van der Waals surface area contributed by atoms with Gasteiger partial charge < -0.3 is 15.4 Å². The van der Waals surface area contributed by atoms with Gasteiger partial charge in [-0.25, -0.2) is 4.79 Å². The number of carbonyl (C=O) groups excluding carboxylic acids is 1. The Hall–Kier alpha value is -3.00. The molecule has 0 saturated heterocycles. The van der Waals surface area contributed by atoms with Crippen LogP contribution >= 0.6 is 0 Å². The highest BCUT2D eigenvalue weighted by Gasteiger charge is 1.97. The third-order valence-electron chi connectivity index (χ3n) is 2.95. The average molecular weight is 309 g/mol. The van der Waals surface area contributed by atoms with Crippen LogP contribution in [0.2, 0.25) is 0 Å². The number of urea groups is 1. The molecular formula is C18H19N3O2. The Kier molecular flexibility index (Phi) is 7.01. The molecule has 0 radical (unpaired) electrons. The fraction of sp³-hybridized carbons (Fsp3) is 0.222. The molecule has 2 amide bonds. The maximum Gasteiger partial charge on any atom is 0.315 e. The maximum atomic E-state index is 11.6. The minimum Gasteiger partial charge on any atom is -0.479 e. The number of aromatic nitrogens is 1. The molecule has 23 heavy (non-hydrogen) atoms. The lowest BCUT2D eigenvalue weighted by molar-refractivity contribution is 0.242. The van der Waals surface area contributed by atoms with E-state index in [4.69, 9.17) is 4.74 Å². The lowest BCUT2D eigenvalue weighted by Gasteiger charge is -2.05. The van der Waals surface area contributed by atoms with Crippen LogP contribution in [0.5, 0.6) is 5.75 Å². The van der Waals surface area contributed by atoms with Crippen LogP contribution < -0.4 is 15.4 Å². The van der Waals surface area contributed by atoms with E-state index in [0.29, 0.717) is 12.3 Å². The molecule has 0 bridgehead atoms.